The summed E-state index contributed by atoms with van der Waals surface area (Å²) in [4.78, 5) is 60.3. The van der Waals surface area contributed by atoms with Crippen LogP contribution in [0, 0.1) is 20.2 Å². The number of ether oxygens (including phenoxy) is 7. The van der Waals surface area contributed by atoms with Crippen molar-refractivity contribution in [2.45, 2.75) is 76.5 Å². The number of aryl methyl sites for hydroxylation is 1. The standard InChI is InChI=1S/C36H41ClN8O15/c1-3-4-9-29-38-33(37)30(43(29)16-22-10-12-23(13-11-22)25-7-5-6-8-26(25)34-39-41-42-40-34)35(46)57-21(2)58-36(47)59-28-20-55-31-27(19-54-32(28)31)53-15-14-52-17-24(60-45(50)51)18-56-44(48)49/h5-8,10-13,21,24,27-28,31-32H,3-4,9,14-20H2,1-2H3,(H,39,40,41,42)/t21?,24-,27+,28+,31?,32?/m1/s1. The molecule has 2 aliphatic rings. The zero-order valence-electron chi connectivity index (χ0n) is 32.3. The number of hydrogen-bond donors (Lipinski definition) is 1. The van der Waals surface area contributed by atoms with Gasteiger partial charge in [-0.2, -0.15) is 5.21 Å². The van der Waals surface area contributed by atoms with Gasteiger partial charge in [-0.1, -0.05) is 73.5 Å². The Hall–Kier alpha value is -6.01. The van der Waals surface area contributed by atoms with Crippen LogP contribution in [0.1, 0.15) is 48.6 Å². The normalized spacial score (nSPS) is 19.2. The molecule has 0 spiro atoms. The second-order valence-corrected chi connectivity index (χ2v) is 13.7. The van der Waals surface area contributed by atoms with Gasteiger partial charge in [0.25, 0.3) is 10.2 Å². The number of fused-ring (bicyclic) bond motifs is 1. The number of aromatic amines is 1. The van der Waals surface area contributed by atoms with E-state index >= 15 is 0 Å². The molecule has 24 heteroatoms. The summed E-state index contributed by atoms with van der Waals surface area (Å²) in [6, 6.07) is 15.5. The molecule has 4 aromatic rings. The monoisotopic (exact) mass is 860 g/mol. The van der Waals surface area contributed by atoms with Gasteiger partial charge in [0.2, 0.25) is 12.1 Å². The first-order valence-corrected chi connectivity index (χ1v) is 19.1. The summed E-state index contributed by atoms with van der Waals surface area (Å²) in [7, 11) is 0. The lowest BCUT2D eigenvalue weighted by molar-refractivity contribution is -0.790. The van der Waals surface area contributed by atoms with Crippen LogP contribution in [0.5, 0.6) is 0 Å². The molecule has 6 rings (SSSR count). The van der Waals surface area contributed by atoms with Gasteiger partial charge < -0.3 is 47.4 Å². The van der Waals surface area contributed by atoms with E-state index in [1.165, 1.54) is 6.92 Å². The molecule has 0 amide bonds. The van der Waals surface area contributed by atoms with Gasteiger partial charge in [-0.3, -0.25) is 0 Å². The smallest absolute Gasteiger partial charge is 0.426 e. The molecule has 2 saturated heterocycles. The lowest BCUT2D eigenvalue weighted by atomic mass is 9.98. The van der Waals surface area contributed by atoms with E-state index in [0.29, 0.717) is 18.1 Å². The van der Waals surface area contributed by atoms with Crippen molar-refractivity contribution in [3.63, 3.8) is 0 Å². The Morgan fingerprint density at radius 3 is 2.42 bits per heavy atom. The van der Waals surface area contributed by atoms with Gasteiger partial charge in [-0.15, -0.1) is 30.4 Å². The molecule has 322 valence electrons. The number of carbonyl (C=O) groups is 2. The molecule has 23 nitrogen and oxygen atoms in total. The van der Waals surface area contributed by atoms with Gasteiger partial charge >= 0.3 is 12.1 Å². The van der Waals surface area contributed by atoms with Gasteiger partial charge in [0.15, 0.2) is 23.1 Å². The molecule has 2 fully saturated rings. The highest BCUT2D eigenvalue weighted by molar-refractivity contribution is 6.32. The maximum Gasteiger partial charge on any atom is 0.511 e. The van der Waals surface area contributed by atoms with Crippen molar-refractivity contribution in [3.8, 4) is 22.5 Å². The minimum atomic E-state index is -1.39. The van der Waals surface area contributed by atoms with Crippen molar-refractivity contribution in [1.82, 2.24) is 30.2 Å². The molecule has 2 aromatic heterocycles. The van der Waals surface area contributed by atoms with E-state index in [9.17, 15) is 29.8 Å². The van der Waals surface area contributed by atoms with Crippen LogP contribution in [-0.4, -0.2) is 129 Å². The van der Waals surface area contributed by atoms with E-state index in [1.54, 1.807) is 4.57 Å². The third-order valence-electron chi connectivity index (χ3n) is 9.28. The fourth-order valence-electron chi connectivity index (χ4n) is 6.57. The van der Waals surface area contributed by atoms with Crippen LogP contribution in [0.2, 0.25) is 5.15 Å². The Kier molecular flexibility index (Phi) is 15.1. The third kappa shape index (κ3) is 11.4. The molecule has 2 aromatic carbocycles. The van der Waals surface area contributed by atoms with Crippen molar-refractivity contribution < 1.29 is 62.6 Å². The Balaban J connectivity index is 0.997. The minimum absolute atomic E-state index is 0.00508. The van der Waals surface area contributed by atoms with Crippen LogP contribution in [0.25, 0.3) is 22.5 Å². The van der Waals surface area contributed by atoms with Crippen LogP contribution in [0.4, 0.5) is 4.79 Å². The molecule has 60 heavy (non-hydrogen) atoms. The first-order valence-electron chi connectivity index (χ1n) is 18.8. The minimum Gasteiger partial charge on any atom is -0.426 e. The van der Waals surface area contributed by atoms with Crippen molar-refractivity contribution in [2.75, 3.05) is 39.6 Å². The number of carbonyl (C=O) groups excluding carboxylic acids is 2. The summed E-state index contributed by atoms with van der Waals surface area (Å²) >= 11 is 6.54. The van der Waals surface area contributed by atoms with Crippen LogP contribution in [0.15, 0.2) is 48.5 Å². The molecule has 0 bridgehead atoms. The maximum atomic E-state index is 13.6. The van der Waals surface area contributed by atoms with Gasteiger partial charge in [0, 0.05) is 25.5 Å². The number of aromatic nitrogens is 6. The lowest BCUT2D eigenvalue weighted by Gasteiger charge is -2.19. The predicted molar refractivity (Wildman–Crippen MR) is 201 cm³/mol. The van der Waals surface area contributed by atoms with Gasteiger partial charge in [0.1, 0.15) is 30.7 Å². The number of halogens is 1. The van der Waals surface area contributed by atoms with E-state index in [0.717, 1.165) is 35.1 Å². The second kappa shape index (κ2) is 20.8. The fourth-order valence-corrected chi connectivity index (χ4v) is 6.85. The highest BCUT2D eigenvalue weighted by Gasteiger charge is 2.50. The van der Waals surface area contributed by atoms with Gasteiger partial charge in [-0.05, 0) is 28.3 Å². The summed E-state index contributed by atoms with van der Waals surface area (Å²) in [5, 5.41) is 33.1. The fraction of sp³-hybridized carbons (Fsp3) is 0.500. The molecule has 2 aliphatic heterocycles. The van der Waals surface area contributed by atoms with E-state index in [-0.39, 0.29) is 50.4 Å². The molecule has 3 unspecified atom stereocenters. The van der Waals surface area contributed by atoms with Crippen molar-refractivity contribution in [2.24, 2.45) is 0 Å². The molecule has 4 heterocycles. The summed E-state index contributed by atoms with van der Waals surface area (Å²) in [5.41, 5.74) is 3.49. The van der Waals surface area contributed by atoms with Crippen molar-refractivity contribution in [1.29, 1.82) is 0 Å². The van der Waals surface area contributed by atoms with Crippen LogP contribution in [-0.2, 0) is 55.8 Å². The largest absolute Gasteiger partial charge is 0.511 e. The number of imidazole rings is 1. The van der Waals surface area contributed by atoms with E-state index in [2.05, 4.69) is 35.3 Å². The first kappa shape index (κ1) is 43.6. The number of tetrazole rings is 1. The van der Waals surface area contributed by atoms with E-state index in [4.69, 9.17) is 44.8 Å². The number of esters is 1. The number of nitrogens with zero attached hydrogens (tertiary/aromatic N) is 7. The summed E-state index contributed by atoms with van der Waals surface area (Å²) in [6.07, 6.45) is -4.35. The average Bonchev–Trinajstić information content (AvgIpc) is 4.03. The Labute approximate surface area is 345 Å². The lowest BCUT2D eigenvalue weighted by Crippen LogP contribution is -2.36. The zero-order chi connectivity index (χ0) is 42.6. The molecular weight excluding hydrogens is 820 g/mol. The SMILES string of the molecule is CCCCc1nc(Cl)c(C(=O)OC(C)OC(=O)O[C@H]2COC3C2OC[C@@H]3OCCOC[C@H](CO[N+](=O)[O-])O[N+](=O)[O-])n1Cc1ccc(-c2ccccc2-c2nn[nH]n2)cc1. The third-order valence-corrected chi connectivity index (χ3v) is 9.54. The topological polar surface area (TPSA) is 276 Å². The Morgan fingerprint density at radius 2 is 1.72 bits per heavy atom. The number of nitrogens with one attached hydrogen (secondary N) is 1. The molecular formula is C36H41ClN8O15. The van der Waals surface area contributed by atoms with Crippen molar-refractivity contribution in [3.05, 3.63) is 91.0 Å². The van der Waals surface area contributed by atoms with E-state index < -0.39 is 65.7 Å². The zero-order valence-corrected chi connectivity index (χ0v) is 33.0. The molecule has 0 aliphatic carbocycles. The number of hydrogen-bond acceptors (Lipinski definition) is 19. The number of rotatable bonds is 22. The predicted octanol–water partition coefficient (Wildman–Crippen LogP) is 3.78. The van der Waals surface area contributed by atoms with Crippen LogP contribution < -0.4 is 0 Å². The van der Waals surface area contributed by atoms with Crippen molar-refractivity contribution >= 4 is 23.7 Å². The highest BCUT2D eigenvalue weighted by Crippen LogP contribution is 2.32. The van der Waals surface area contributed by atoms with Gasteiger partial charge in [-0.25, -0.2) is 14.6 Å². The molecule has 0 radical (unpaired) electrons. The number of H-pyrrole nitrogens is 1. The second-order valence-electron chi connectivity index (χ2n) is 13.4. The highest BCUT2D eigenvalue weighted by atomic mass is 35.5. The molecule has 1 N–H and O–H groups in total. The summed E-state index contributed by atoms with van der Waals surface area (Å²) < 4.78 is 40.5. The molecule has 0 saturated carbocycles. The number of benzene rings is 2. The molecule has 6 atom stereocenters. The quantitative estimate of drug-likeness (QED) is 0.0387. The number of unbranched alkanes of at least 4 members (excludes halogenated alkanes) is 1. The van der Waals surface area contributed by atoms with Crippen LogP contribution in [0.3, 0.4) is 0 Å². The van der Waals surface area contributed by atoms with Crippen LogP contribution >= 0.6 is 11.6 Å². The maximum absolute atomic E-state index is 13.6. The Bertz CT molecular complexity index is 2070. The van der Waals surface area contributed by atoms with Gasteiger partial charge in [0.05, 0.1) is 33.0 Å². The summed E-state index contributed by atoms with van der Waals surface area (Å²) in [6.45, 7) is 2.57. The first-order chi connectivity index (χ1) is 29.0. The average molecular weight is 861 g/mol. The van der Waals surface area contributed by atoms with E-state index in [1.807, 2.05) is 55.5 Å². The Morgan fingerprint density at radius 1 is 0.983 bits per heavy atom. The summed E-state index contributed by atoms with van der Waals surface area (Å²) in [5.74, 6) is 0.194.